The Morgan fingerprint density at radius 3 is 2.71 bits per heavy atom. The molecule has 0 bridgehead atoms. The van der Waals surface area contributed by atoms with Gasteiger partial charge in [0.2, 0.25) is 5.91 Å². The van der Waals surface area contributed by atoms with E-state index in [1.54, 1.807) is 35.8 Å². The fourth-order valence-corrected chi connectivity index (χ4v) is 4.35. The summed E-state index contributed by atoms with van der Waals surface area (Å²) in [5, 5.41) is 11.6. The van der Waals surface area contributed by atoms with Crippen LogP contribution in [0.1, 0.15) is 25.7 Å². The van der Waals surface area contributed by atoms with Crippen LogP contribution < -0.4 is 19.8 Å². The van der Waals surface area contributed by atoms with E-state index in [1.165, 1.54) is 11.4 Å². The van der Waals surface area contributed by atoms with Crippen LogP contribution in [-0.4, -0.2) is 33.2 Å². The molecule has 9 heteroatoms. The van der Waals surface area contributed by atoms with Crippen LogP contribution in [0.4, 0.5) is 17.1 Å². The molecule has 0 aromatic heterocycles. The van der Waals surface area contributed by atoms with Crippen LogP contribution in [0.5, 0.6) is 5.75 Å². The van der Waals surface area contributed by atoms with Gasteiger partial charge in [-0.3, -0.25) is 14.3 Å². The van der Waals surface area contributed by atoms with Crippen molar-refractivity contribution in [2.75, 3.05) is 23.3 Å². The van der Waals surface area contributed by atoms with Crippen LogP contribution in [0.25, 0.3) is 0 Å². The number of hydrogen-bond donors (Lipinski definition) is 3. The normalized spacial score (nSPS) is 14.3. The quantitative estimate of drug-likeness (QED) is 0.371. The van der Waals surface area contributed by atoms with Crippen molar-refractivity contribution < 1.29 is 23.2 Å². The van der Waals surface area contributed by atoms with Crippen molar-refractivity contribution in [3.8, 4) is 5.75 Å². The predicted molar refractivity (Wildman–Crippen MR) is 106 cm³/mol. The zero-order valence-corrected chi connectivity index (χ0v) is 16.3. The number of hydroxylamine groups is 1. The highest BCUT2D eigenvalue weighted by Gasteiger charge is 2.29. The summed E-state index contributed by atoms with van der Waals surface area (Å²) in [4.78, 5) is 11.1. The molecule has 0 saturated heterocycles. The maximum atomic E-state index is 12.9. The Hall–Kier alpha value is -2.78. The average molecular weight is 405 g/mol. The monoisotopic (exact) mass is 405 g/mol. The third-order valence-electron chi connectivity index (χ3n) is 4.54. The molecular weight excluding hydrogens is 382 g/mol. The third-order valence-corrected chi connectivity index (χ3v) is 6.37. The molecule has 3 N–H and O–H groups in total. The lowest BCUT2D eigenvalue weighted by Crippen LogP contribution is -2.25. The van der Waals surface area contributed by atoms with E-state index in [9.17, 15) is 13.2 Å². The van der Waals surface area contributed by atoms with Crippen LogP contribution in [0.15, 0.2) is 47.4 Å². The van der Waals surface area contributed by atoms with Crippen molar-refractivity contribution in [3.05, 3.63) is 42.5 Å². The van der Waals surface area contributed by atoms with Gasteiger partial charge in [-0.25, -0.2) is 13.9 Å². The Morgan fingerprint density at radius 1 is 1.14 bits per heavy atom. The first-order valence-corrected chi connectivity index (χ1v) is 10.4. The van der Waals surface area contributed by atoms with Gasteiger partial charge in [-0.15, -0.1) is 0 Å². The number of unbranched alkanes of at least 4 members (excludes halogenated alkanes) is 2. The van der Waals surface area contributed by atoms with E-state index in [0.29, 0.717) is 35.8 Å². The topological polar surface area (TPSA) is 108 Å². The van der Waals surface area contributed by atoms with E-state index in [1.807, 2.05) is 12.1 Å². The Kier molecular flexibility index (Phi) is 6.05. The smallest absolute Gasteiger partial charge is 0.266 e. The van der Waals surface area contributed by atoms with Gasteiger partial charge in [-0.2, -0.15) is 0 Å². The molecule has 0 saturated carbocycles. The maximum Gasteiger partial charge on any atom is 0.266 e. The van der Waals surface area contributed by atoms with Crippen molar-refractivity contribution in [1.29, 1.82) is 0 Å². The third kappa shape index (κ3) is 4.20. The van der Waals surface area contributed by atoms with Gasteiger partial charge in [0.25, 0.3) is 10.0 Å². The molecule has 8 nitrogen and oxygen atoms in total. The highest BCUT2D eigenvalue weighted by Crippen LogP contribution is 2.39. The second kappa shape index (κ2) is 8.49. The number of nitrogens with zero attached hydrogens (tertiary/aromatic N) is 1. The Bertz CT molecular complexity index is 962. The van der Waals surface area contributed by atoms with E-state index in [2.05, 4.69) is 5.32 Å². The minimum Gasteiger partial charge on any atom is -0.494 e. The number of fused-ring (bicyclic) bond motifs is 2. The van der Waals surface area contributed by atoms with Crippen LogP contribution in [0.2, 0.25) is 0 Å². The molecule has 0 spiro atoms. The van der Waals surface area contributed by atoms with Crippen molar-refractivity contribution in [2.24, 2.45) is 0 Å². The summed E-state index contributed by atoms with van der Waals surface area (Å²) in [5.41, 5.74) is 3.35. The van der Waals surface area contributed by atoms with Crippen molar-refractivity contribution >= 4 is 33.0 Å². The number of anilines is 3. The number of para-hydroxylation sites is 2. The first-order valence-electron chi connectivity index (χ1n) is 8.98. The number of sulfonamides is 1. The Labute approximate surface area is 164 Å². The number of ether oxygens (including phenoxy) is 1. The summed E-state index contributed by atoms with van der Waals surface area (Å²) in [6, 6.07) is 12.1. The standard InChI is InChI=1S/C19H23N3O5S/c1-22-17-8-5-4-7-15(17)20-16-13-14(10-11-18(16)28(22,25)26)27-12-6-2-3-9-19(23)21-24/h4-5,7-8,10-11,13,20,24H,2-3,6,9,12H2,1H3,(H,21,23). The molecule has 1 heterocycles. The average Bonchev–Trinajstić information content (AvgIpc) is 2.77. The lowest BCUT2D eigenvalue weighted by molar-refractivity contribution is -0.129. The van der Waals surface area contributed by atoms with Crippen LogP contribution in [0, 0.1) is 0 Å². The number of hydrogen-bond acceptors (Lipinski definition) is 6. The Morgan fingerprint density at radius 2 is 1.93 bits per heavy atom. The number of nitrogens with one attached hydrogen (secondary N) is 2. The molecule has 0 aliphatic carbocycles. The summed E-state index contributed by atoms with van der Waals surface area (Å²) in [6.45, 7) is 0.447. The Balaban J connectivity index is 1.69. The van der Waals surface area contributed by atoms with Gasteiger partial charge in [0.15, 0.2) is 0 Å². The van der Waals surface area contributed by atoms with Crippen LogP contribution in [0.3, 0.4) is 0 Å². The van der Waals surface area contributed by atoms with Gasteiger partial charge in [0, 0.05) is 19.5 Å². The number of benzene rings is 2. The van der Waals surface area contributed by atoms with Gasteiger partial charge in [0.1, 0.15) is 10.6 Å². The van der Waals surface area contributed by atoms with Crippen molar-refractivity contribution in [3.63, 3.8) is 0 Å². The van der Waals surface area contributed by atoms with E-state index < -0.39 is 15.9 Å². The molecule has 2 aromatic carbocycles. The molecule has 0 unspecified atom stereocenters. The molecule has 150 valence electrons. The fourth-order valence-electron chi connectivity index (χ4n) is 3.01. The van der Waals surface area contributed by atoms with Gasteiger partial charge in [0.05, 0.1) is 23.7 Å². The van der Waals surface area contributed by atoms with Gasteiger partial charge in [-0.05, 0) is 43.5 Å². The van der Waals surface area contributed by atoms with Gasteiger partial charge < -0.3 is 10.1 Å². The summed E-state index contributed by atoms with van der Waals surface area (Å²) in [5.74, 6) is 0.167. The predicted octanol–water partition coefficient (Wildman–Crippen LogP) is 3.01. The molecule has 3 rings (SSSR count). The molecule has 1 amide bonds. The minimum absolute atomic E-state index is 0.188. The molecule has 0 atom stereocenters. The number of rotatable bonds is 7. The second-order valence-electron chi connectivity index (χ2n) is 6.47. The largest absolute Gasteiger partial charge is 0.494 e. The zero-order chi connectivity index (χ0) is 20.1. The van der Waals surface area contributed by atoms with E-state index in [-0.39, 0.29) is 11.3 Å². The summed E-state index contributed by atoms with van der Waals surface area (Å²) in [7, 11) is -2.14. The molecule has 1 aliphatic rings. The second-order valence-corrected chi connectivity index (χ2v) is 8.40. The highest BCUT2D eigenvalue weighted by atomic mass is 32.2. The zero-order valence-electron chi connectivity index (χ0n) is 15.5. The summed E-state index contributed by atoms with van der Waals surface area (Å²) in [6.07, 6.45) is 2.45. The van der Waals surface area contributed by atoms with Crippen molar-refractivity contribution in [2.45, 2.75) is 30.6 Å². The van der Waals surface area contributed by atoms with Crippen LogP contribution in [-0.2, 0) is 14.8 Å². The van der Waals surface area contributed by atoms with Gasteiger partial charge in [-0.1, -0.05) is 12.1 Å². The number of amides is 1. The lowest BCUT2D eigenvalue weighted by Gasteiger charge is -2.18. The van der Waals surface area contributed by atoms with Crippen molar-refractivity contribution in [1.82, 2.24) is 5.48 Å². The first-order chi connectivity index (χ1) is 13.4. The summed E-state index contributed by atoms with van der Waals surface area (Å²) >= 11 is 0. The molecule has 0 fully saturated rings. The fraction of sp³-hybridized carbons (Fsp3) is 0.316. The van der Waals surface area contributed by atoms with Gasteiger partial charge >= 0.3 is 0 Å². The molecule has 2 aromatic rings. The van der Waals surface area contributed by atoms with Crippen LogP contribution >= 0.6 is 0 Å². The minimum atomic E-state index is -3.67. The number of carbonyl (C=O) groups is 1. The molecule has 0 radical (unpaired) electrons. The molecule has 28 heavy (non-hydrogen) atoms. The summed E-state index contributed by atoms with van der Waals surface area (Å²) < 4.78 is 32.8. The number of carbonyl (C=O) groups excluding carboxylic acids is 1. The van der Waals surface area contributed by atoms with E-state index in [0.717, 1.165) is 12.8 Å². The molecule has 1 aliphatic heterocycles. The maximum absolute atomic E-state index is 12.9. The SMILES string of the molecule is CN1c2ccccc2Nc2cc(OCCCCCC(=O)NO)ccc2S1(=O)=O. The lowest BCUT2D eigenvalue weighted by atomic mass is 10.2. The first kappa shape index (κ1) is 20.0. The van der Waals surface area contributed by atoms with E-state index in [4.69, 9.17) is 9.94 Å². The highest BCUT2D eigenvalue weighted by molar-refractivity contribution is 7.93. The van der Waals surface area contributed by atoms with E-state index >= 15 is 0 Å². The molecular formula is C19H23N3O5S.